The lowest BCUT2D eigenvalue weighted by Crippen LogP contribution is -2.51. The van der Waals surface area contributed by atoms with Crippen molar-refractivity contribution in [2.24, 2.45) is 0 Å². The van der Waals surface area contributed by atoms with Crippen molar-refractivity contribution in [1.29, 1.82) is 5.26 Å². The molecule has 6 rings (SSSR count). The number of aromatic nitrogens is 2. The van der Waals surface area contributed by atoms with Gasteiger partial charge < -0.3 is 29.5 Å². The highest BCUT2D eigenvalue weighted by Crippen LogP contribution is 2.38. The van der Waals surface area contributed by atoms with E-state index in [1.165, 1.54) is 12.0 Å². The highest BCUT2D eigenvalue weighted by Gasteiger charge is 2.30. The van der Waals surface area contributed by atoms with Crippen LogP contribution in [0.15, 0.2) is 36.4 Å². The van der Waals surface area contributed by atoms with Crippen molar-refractivity contribution < 1.29 is 9.47 Å². The third kappa shape index (κ3) is 5.19. The lowest BCUT2D eigenvalue weighted by atomic mass is 10.0. The number of likely N-dealkylation sites (tertiary alicyclic amines) is 1. The molecule has 2 saturated heterocycles. The maximum atomic E-state index is 9.28. The number of hydrogen-bond acceptors (Lipinski definition) is 9. The van der Waals surface area contributed by atoms with Gasteiger partial charge in [-0.25, -0.2) is 0 Å². The van der Waals surface area contributed by atoms with Crippen LogP contribution in [-0.4, -0.2) is 80.4 Å². The van der Waals surface area contributed by atoms with E-state index in [1.54, 1.807) is 7.11 Å². The molecular formula is C30H37N7O2. The number of ether oxygens (including phenoxy) is 2. The van der Waals surface area contributed by atoms with Crippen molar-refractivity contribution in [2.45, 2.75) is 44.3 Å². The van der Waals surface area contributed by atoms with E-state index in [0.29, 0.717) is 31.6 Å². The van der Waals surface area contributed by atoms with Gasteiger partial charge in [-0.15, -0.1) is 0 Å². The molecule has 2 unspecified atom stereocenters. The van der Waals surface area contributed by atoms with E-state index >= 15 is 0 Å². The third-order valence-corrected chi connectivity index (χ3v) is 8.40. The molecule has 1 aromatic heterocycles. The molecule has 2 aromatic carbocycles. The Kier molecular flexibility index (Phi) is 7.40. The maximum Gasteiger partial charge on any atom is 0.318 e. The summed E-state index contributed by atoms with van der Waals surface area (Å²) >= 11 is 0. The van der Waals surface area contributed by atoms with Crippen molar-refractivity contribution in [3.05, 3.63) is 47.7 Å². The number of benzene rings is 2. The van der Waals surface area contributed by atoms with E-state index in [0.717, 1.165) is 79.3 Å². The van der Waals surface area contributed by atoms with E-state index in [4.69, 9.17) is 19.4 Å². The molecule has 3 aliphatic heterocycles. The van der Waals surface area contributed by atoms with Gasteiger partial charge in [0.25, 0.3) is 0 Å². The third-order valence-electron chi connectivity index (χ3n) is 8.40. The van der Waals surface area contributed by atoms with E-state index in [-0.39, 0.29) is 6.04 Å². The van der Waals surface area contributed by atoms with Crippen LogP contribution in [0, 0.1) is 11.3 Å². The molecule has 0 spiro atoms. The number of nitrogens with zero attached hydrogens (tertiary/aromatic N) is 6. The van der Waals surface area contributed by atoms with Gasteiger partial charge in [0, 0.05) is 54.9 Å². The quantitative estimate of drug-likeness (QED) is 0.497. The van der Waals surface area contributed by atoms with E-state index in [9.17, 15) is 5.26 Å². The van der Waals surface area contributed by atoms with Crippen LogP contribution in [0.1, 0.15) is 30.5 Å². The second kappa shape index (κ2) is 11.2. The number of methoxy groups -OCH3 is 1. The van der Waals surface area contributed by atoms with Gasteiger partial charge in [-0.3, -0.25) is 0 Å². The number of rotatable bonds is 7. The Balaban J connectivity index is 1.34. The van der Waals surface area contributed by atoms with Crippen LogP contribution in [0.3, 0.4) is 0 Å². The Hall–Kier alpha value is -3.61. The van der Waals surface area contributed by atoms with Crippen LogP contribution >= 0.6 is 0 Å². The smallest absolute Gasteiger partial charge is 0.318 e. The Bertz CT molecular complexity index is 1370. The zero-order chi connectivity index (χ0) is 26.8. The number of nitrogens with one attached hydrogen (secondary N) is 1. The number of anilines is 2. The molecule has 9 heteroatoms. The van der Waals surface area contributed by atoms with Gasteiger partial charge in [0.15, 0.2) is 0 Å². The average molecular weight is 528 g/mol. The second-order valence-corrected chi connectivity index (χ2v) is 10.8. The Morgan fingerprint density at radius 2 is 1.97 bits per heavy atom. The fourth-order valence-corrected chi connectivity index (χ4v) is 6.27. The summed E-state index contributed by atoms with van der Waals surface area (Å²) in [5, 5.41) is 15.0. The fraction of sp³-hybridized carbons (Fsp3) is 0.500. The van der Waals surface area contributed by atoms with E-state index in [1.807, 2.05) is 12.1 Å². The van der Waals surface area contributed by atoms with Crippen molar-refractivity contribution in [1.82, 2.24) is 20.2 Å². The lowest BCUT2D eigenvalue weighted by molar-refractivity contribution is 0.187. The number of hydrogen-bond donors (Lipinski definition) is 1. The highest BCUT2D eigenvalue weighted by molar-refractivity contribution is 5.99. The van der Waals surface area contributed by atoms with Crippen LogP contribution in [0.4, 0.5) is 11.5 Å². The predicted octanol–water partition coefficient (Wildman–Crippen LogP) is 3.37. The highest BCUT2D eigenvalue weighted by atomic mass is 16.5. The molecule has 0 amide bonds. The summed E-state index contributed by atoms with van der Waals surface area (Å²) in [6.45, 7) is 5.67. The molecule has 9 nitrogen and oxygen atoms in total. The maximum absolute atomic E-state index is 9.28. The monoisotopic (exact) mass is 527 g/mol. The second-order valence-electron chi connectivity index (χ2n) is 10.8. The minimum Gasteiger partial charge on any atom is -0.496 e. The minimum atomic E-state index is 0.133. The predicted molar refractivity (Wildman–Crippen MR) is 153 cm³/mol. The van der Waals surface area contributed by atoms with Crippen LogP contribution in [0.25, 0.3) is 10.8 Å². The van der Waals surface area contributed by atoms with Gasteiger partial charge in [-0.2, -0.15) is 15.2 Å². The summed E-state index contributed by atoms with van der Waals surface area (Å²) in [6.07, 6.45) is 3.66. The van der Waals surface area contributed by atoms with Crippen LogP contribution in [-0.2, 0) is 13.0 Å². The fourth-order valence-electron chi connectivity index (χ4n) is 6.27. The van der Waals surface area contributed by atoms with E-state index in [2.05, 4.69) is 57.4 Å². The first kappa shape index (κ1) is 25.7. The first-order chi connectivity index (χ1) is 19.1. The van der Waals surface area contributed by atoms with Gasteiger partial charge >= 0.3 is 6.01 Å². The average Bonchev–Trinajstić information content (AvgIpc) is 3.39. The van der Waals surface area contributed by atoms with E-state index < -0.39 is 0 Å². The summed E-state index contributed by atoms with van der Waals surface area (Å²) in [7, 11) is 3.89. The molecule has 3 aromatic rings. The minimum absolute atomic E-state index is 0.133. The molecule has 39 heavy (non-hydrogen) atoms. The Morgan fingerprint density at radius 3 is 2.77 bits per heavy atom. The number of fused-ring (bicyclic) bond motifs is 2. The first-order valence-corrected chi connectivity index (χ1v) is 14.0. The SMILES string of the molecule is COc1cccc2cccc(N3CCc4c(nc(OCC5CCCN5C)nc4N4CCNC(CC#N)C4)C3)c12. The van der Waals surface area contributed by atoms with Gasteiger partial charge in [0.05, 0.1) is 31.8 Å². The molecule has 0 aliphatic carbocycles. The van der Waals surface area contributed by atoms with Gasteiger partial charge in [-0.1, -0.05) is 24.3 Å². The molecule has 0 bridgehead atoms. The summed E-state index contributed by atoms with van der Waals surface area (Å²) in [5.74, 6) is 1.85. The summed E-state index contributed by atoms with van der Waals surface area (Å²) in [4.78, 5) is 17.1. The largest absolute Gasteiger partial charge is 0.496 e. The number of nitriles is 1. The summed E-state index contributed by atoms with van der Waals surface area (Å²) < 4.78 is 12.0. The standard InChI is InChI=1S/C30H37N7O2/c1-35-15-5-8-23(35)20-39-30-33-25-19-36(26-9-3-6-21-7-4-10-27(38-2)28(21)26)16-12-24(25)29(34-30)37-17-14-32-22(18-37)11-13-31/h3-4,6-7,9-10,22-23,32H,5,8,11-12,14-20H2,1-2H3. The van der Waals surface area contributed by atoms with Crippen LogP contribution in [0.5, 0.6) is 11.8 Å². The molecular weight excluding hydrogens is 490 g/mol. The lowest BCUT2D eigenvalue weighted by Gasteiger charge is -2.37. The normalized spacial score (nSPS) is 21.6. The topological polar surface area (TPSA) is 89.8 Å². The molecule has 2 atom stereocenters. The van der Waals surface area contributed by atoms with Crippen molar-refractivity contribution in [2.75, 3.05) is 63.3 Å². The molecule has 204 valence electrons. The summed E-state index contributed by atoms with van der Waals surface area (Å²) in [6, 6.07) is 15.9. The van der Waals surface area contributed by atoms with Gasteiger partial charge in [0.1, 0.15) is 18.2 Å². The molecule has 2 fully saturated rings. The van der Waals surface area contributed by atoms with Crippen molar-refractivity contribution >= 4 is 22.3 Å². The Morgan fingerprint density at radius 1 is 1.10 bits per heavy atom. The molecule has 0 radical (unpaired) electrons. The molecule has 4 heterocycles. The molecule has 3 aliphatic rings. The van der Waals surface area contributed by atoms with Crippen LogP contribution in [0.2, 0.25) is 0 Å². The van der Waals surface area contributed by atoms with Crippen LogP contribution < -0.4 is 24.6 Å². The zero-order valence-electron chi connectivity index (χ0n) is 22.9. The molecule has 0 saturated carbocycles. The van der Waals surface area contributed by atoms with Crippen molar-refractivity contribution in [3.8, 4) is 17.8 Å². The first-order valence-electron chi connectivity index (χ1n) is 14.0. The molecule has 1 N–H and O–H groups in total. The summed E-state index contributed by atoms with van der Waals surface area (Å²) in [5.41, 5.74) is 3.37. The van der Waals surface area contributed by atoms with Gasteiger partial charge in [0.2, 0.25) is 0 Å². The number of likely N-dealkylation sites (N-methyl/N-ethyl adjacent to an activating group) is 1. The number of piperazine rings is 1. The van der Waals surface area contributed by atoms with Crippen molar-refractivity contribution in [3.63, 3.8) is 0 Å². The Labute approximate surface area is 230 Å². The van der Waals surface area contributed by atoms with Gasteiger partial charge in [-0.05, 0) is 50.4 Å². The zero-order valence-corrected chi connectivity index (χ0v) is 22.9.